The minimum Gasteiger partial charge on any atom is -0.390 e. The average Bonchev–Trinajstić information content (AvgIpc) is 3.05. The Balaban J connectivity index is 1.51. The molecule has 1 saturated heterocycles. The highest BCUT2D eigenvalue weighted by atomic mass is 19.1. The first-order chi connectivity index (χ1) is 15.5. The SMILES string of the molecule is CN1CCC(N(C)c2nc(NC3CCCCCC3)nc(NC3CCC(O)C(F)C3)n2)CC1. The summed E-state index contributed by atoms with van der Waals surface area (Å²) in [6.07, 6.45) is 8.88. The van der Waals surface area contributed by atoms with Crippen LogP contribution in [0.4, 0.5) is 22.2 Å². The van der Waals surface area contributed by atoms with Crippen molar-refractivity contribution in [3.8, 4) is 0 Å². The van der Waals surface area contributed by atoms with Crippen molar-refractivity contribution in [3.05, 3.63) is 0 Å². The van der Waals surface area contributed by atoms with E-state index >= 15 is 0 Å². The number of anilines is 3. The minimum absolute atomic E-state index is 0.0805. The van der Waals surface area contributed by atoms with Crippen molar-refractivity contribution in [1.29, 1.82) is 0 Å². The molecule has 3 atom stereocenters. The van der Waals surface area contributed by atoms with Crippen LogP contribution in [0.25, 0.3) is 0 Å². The Kier molecular flexibility index (Phi) is 7.99. The van der Waals surface area contributed by atoms with Gasteiger partial charge >= 0.3 is 0 Å². The number of alkyl halides is 1. The summed E-state index contributed by atoms with van der Waals surface area (Å²) in [6.45, 7) is 2.14. The number of piperidine rings is 1. The second-order valence-electron chi connectivity index (χ2n) is 10.00. The Bertz CT molecular complexity index is 722. The van der Waals surface area contributed by atoms with E-state index < -0.39 is 12.3 Å². The van der Waals surface area contributed by atoms with Gasteiger partial charge in [0.1, 0.15) is 6.17 Å². The largest absolute Gasteiger partial charge is 0.390 e. The molecule has 9 heteroatoms. The molecule has 4 rings (SSSR count). The summed E-state index contributed by atoms with van der Waals surface area (Å²) in [5.41, 5.74) is 0. The highest BCUT2D eigenvalue weighted by Gasteiger charge is 2.30. The minimum atomic E-state index is -1.20. The maximum atomic E-state index is 14.1. The van der Waals surface area contributed by atoms with Crippen molar-refractivity contribution < 1.29 is 9.50 Å². The zero-order valence-corrected chi connectivity index (χ0v) is 19.6. The second-order valence-corrected chi connectivity index (χ2v) is 10.00. The van der Waals surface area contributed by atoms with Crippen LogP contribution in [-0.2, 0) is 0 Å². The zero-order chi connectivity index (χ0) is 22.5. The van der Waals surface area contributed by atoms with Gasteiger partial charge in [0, 0.05) is 31.6 Å². The van der Waals surface area contributed by atoms with Gasteiger partial charge in [-0.15, -0.1) is 0 Å². The Morgan fingerprint density at radius 2 is 1.50 bits per heavy atom. The molecule has 8 nitrogen and oxygen atoms in total. The zero-order valence-electron chi connectivity index (χ0n) is 19.6. The molecular formula is C23H40FN7O. The summed E-state index contributed by atoms with van der Waals surface area (Å²) in [5, 5.41) is 16.6. The Morgan fingerprint density at radius 3 is 2.12 bits per heavy atom. The topological polar surface area (TPSA) is 89.4 Å². The number of halogens is 1. The van der Waals surface area contributed by atoms with Crippen LogP contribution in [0, 0.1) is 0 Å². The van der Waals surface area contributed by atoms with E-state index in [-0.39, 0.29) is 12.5 Å². The van der Waals surface area contributed by atoms with Crippen LogP contribution in [0.5, 0.6) is 0 Å². The molecule has 3 aliphatic rings. The fraction of sp³-hybridized carbons (Fsp3) is 0.870. The number of aliphatic hydroxyl groups excluding tert-OH is 1. The third-order valence-corrected chi connectivity index (χ3v) is 7.43. The molecule has 1 aromatic rings. The smallest absolute Gasteiger partial charge is 0.231 e. The molecule has 2 heterocycles. The number of hydrogen-bond acceptors (Lipinski definition) is 8. The molecule has 1 aromatic heterocycles. The molecule has 0 spiro atoms. The van der Waals surface area contributed by atoms with Crippen LogP contribution in [0.1, 0.15) is 70.6 Å². The lowest BCUT2D eigenvalue weighted by Gasteiger charge is -2.35. The lowest BCUT2D eigenvalue weighted by molar-refractivity contribution is 0.0401. The van der Waals surface area contributed by atoms with Gasteiger partial charge in [-0.2, -0.15) is 15.0 Å². The molecule has 32 heavy (non-hydrogen) atoms. The van der Waals surface area contributed by atoms with Gasteiger partial charge in [0.2, 0.25) is 17.8 Å². The van der Waals surface area contributed by atoms with Crippen molar-refractivity contribution in [1.82, 2.24) is 19.9 Å². The number of aromatic nitrogens is 3. The highest BCUT2D eigenvalue weighted by molar-refractivity contribution is 5.45. The van der Waals surface area contributed by atoms with Crippen LogP contribution in [0.3, 0.4) is 0 Å². The molecule has 0 aromatic carbocycles. The van der Waals surface area contributed by atoms with Gasteiger partial charge in [0.05, 0.1) is 6.10 Å². The molecule has 3 unspecified atom stereocenters. The van der Waals surface area contributed by atoms with Gasteiger partial charge in [-0.1, -0.05) is 25.7 Å². The quantitative estimate of drug-likeness (QED) is 0.571. The van der Waals surface area contributed by atoms with Crippen molar-refractivity contribution in [2.45, 2.75) is 101 Å². The summed E-state index contributed by atoms with van der Waals surface area (Å²) in [5.74, 6) is 1.78. The van der Waals surface area contributed by atoms with Gasteiger partial charge < -0.3 is 25.5 Å². The van der Waals surface area contributed by atoms with Gasteiger partial charge in [0.15, 0.2) is 0 Å². The van der Waals surface area contributed by atoms with Gasteiger partial charge in [-0.25, -0.2) is 4.39 Å². The molecule has 3 fully saturated rings. The lowest BCUT2D eigenvalue weighted by atomic mass is 9.91. The molecular weight excluding hydrogens is 409 g/mol. The maximum Gasteiger partial charge on any atom is 0.231 e. The fourth-order valence-electron chi connectivity index (χ4n) is 5.22. The van der Waals surface area contributed by atoms with E-state index in [1.165, 1.54) is 25.7 Å². The Morgan fingerprint density at radius 1 is 0.875 bits per heavy atom. The van der Waals surface area contributed by atoms with Gasteiger partial charge in [-0.05, 0) is 58.7 Å². The number of nitrogens with zero attached hydrogens (tertiary/aromatic N) is 5. The van der Waals surface area contributed by atoms with Crippen molar-refractivity contribution in [2.75, 3.05) is 42.7 Å². The monoisotopic (exact) mass is 449 g/mol. The predicted molar refractivity (Wildman–Crippen MR) is 126 cm³/mol. The van der Waals surface area contributed by atoms with Gasteiger partial charge in [0.25, 0.3) is 0 Å². The first-order valence-corrected chi connectivity index (χ1v) is 12.5. The van der Waals surface area contributed by atoms with Crippen LogP contribution < -0.4 is 15.5 Å². The van der Waals surface area contributed by atoms with E-state index in [1.807, 2.05) is 0 Å². The molecule has 180 valence electrons. The van der Waals surface area contributed by atoms with Crippen LogP contribution in [0.2, 0.25) is 0 Å². The van der Waals surface area contributed by atoms with E-state index in [4.69, 9.17) is 9.97 Å². The Hall–Kier alpha value is -1.74. The summed E-state index contributed by atoms with van der Waals surface area (Å²) < 4.78 is 14.1. The standard InChI is InChI=1S/C23H40FN7O/c1-30-13-11-18(12-14-30)31(2)23-28-21(25-16-7-5-3-4-6-8-16)27-22(29-23)26-17-9-10-20(32)19(24)15-17/h16-20,32H,3-15H2,1-2H3,(H2,25,26,27,28,29). The molecule has 0 radical (unpaired) electrons. The third kappa shape index (κ3) is 6.19. The number of aliphatic hydroxyl groups is 1. The summed E-state index contributed by atoms with van der Waals surface area (Å²) in [7, 11) is 4.23. The second kappa shape index (κ2) is 10.9. The van der Waals surface area contributed by atoms with E-state index in [9.17, 15) is 9.50 Å². The summed E-state index contributed by atoms with van der Waals surface area (Å²) in [4.78, 5) is 18.7. The number of likely N-dealkylation sites (tertiary alicyclic amines) is 1. The van der Waals surface area contributed by atoms with Crippen molar-refractivity contribution in [2.24, 2.45) is 0 Å². The normalized spacial score (nSPS) is 28.8. The van der Waals surface area contributed by atoms with Crippen LogP contribution in [0.15, 0.2) is 0 Å². The molecule has 2 aliphatic carbocycles. The molecule has 3 N–H and O–H groups in total. The van der Waals surface area contributed by atoms with Crippen molar-refractivity contribution in [3.63, 3.8) is 0 Å². The van der Waals surface area contributed by atoms with Crippen molar-refractivity contribution >= 4 is 17.8 Å². The van der Waals surface area contributed by atoms with Crippen LogP contribution in [-0.4, -0.2) is 82.5 Å². The number of rotatable bonds is 6. The molecule has 2 saturated carbocycles. The predicted octanol–water partition coefficient (Wildman–Crippen LogP) is 3.20. The summed E-state index contributed by atoms with van der Waals surface area (Å²) >= 11 is 0. The first-order valence-electron chi connectivity index (χ1n) is 12.5. The molecule has 0 amide bonds. The van der Waals surface area contributed by atoms with E-state index in [1.54, 1.807) is 0 Å². The lowest BCUT2D eigenvalue weighted by Crippen LogP contribution is -2.43. The number of nitrogens with one attached hydrogen (secondary N) is 2. The Labute approximate surface area is 191 Å². The van der Waals surface area contributed by atoms with Crippen LogP contribution >= 0.6 is 0 Å². The van der Waals surface area contributed by atoms with E-state index in [0.29, 0.717) is 42.8 Å². The molecule has 0 bridgehead atoms. The average molecular weight is 450 g/mol. The fourth-order valence-corrected chi connectivity index (χ4v) is 5.22. The van der Waals surface area contributed by atoms with E-state index in [2.05, 4.69) is 39.5 Å². The third-order valence-electron chi connectivity index (χ3n) is 7.43. The maximum absolute atomic E-state index is 14.1. The highest BCUT2D eigenvalue weighted by Crippen LogP contribution is 2.27. The van der Waals surface area contributed by atoms with Gasteiger partial charge in [-0.3, -0.25) is 0 Å². The molecule has 1 aliphatic heterocycles. The first kappa shape index (κ1) is 23.4. The summed E-state index contributed by atoms with van der Waals surface area (Å²) in [6, 6.07) is 0.699. The number of hydrogen-bond donors (Lipinski definition) is 3. The van der Waals surface area contributed by atoms with E-state index in [0.717, 1.165) is 38.8 Å².